The Morgan fingerprint density at radius 3 is 2.58 bits per heavy atom. The van der Waals surface area contributed by atoms with Crippen LogP contribution in [0.1, 0.15) is 10.4 Å². The maximum Gasteiger partial charge on any atom is 0.326 e. The fourth-order valence-electron chi connectivity index (χ4n) is 1.87. The van der Waals surface area contributed by atoms with E-state index in [0.29, 0.717) is 21.7 Å². The van der Waals surface area contributed by atoms with Crippen LogP contribution in [0.3, 0.4) is 0 Å². The Kier molecular flexibility index (Phi) is 6.25. The first-order valence-electron chi connectivity index (χ1n) is 7.01. The minimum atomic E-state index is -0.536. The van der Waals surface area contributed by atoms with E-state index in [1.54, 1.807) is 43.7 Å². The lowest BCUT2D eigenvalue weighted by molar-refractivity contribution is -0.140. The number of halogens is 1. The maximum atomic E-state index is 12.1. The first-order valence-corrected chi connectivity index (χ1v) is 7.81. The van der Waals surface area contributed by atoms with Gasteiger partial charge in [0.15, 0.2) is 12.4 Å². The molecule has 0 saturated heterocycles. The van der Waals surface area contributed by atoms with Gasteiger partial charge in [-0.25, -0.2) is 9.97 Å². The summed E-state index contributed by atoms with van der Waals surface area (Å²) >= 11 is 3.31. The molecule has 1 aromatic heterocycles. The molecule has 0 radical (unpaired) electrons. The molecular weight excluding hydrogens is 378 g/mol. The number of carbonyl (C=O) groups is 2. The van der Waals surface area contributed by atoms with Gasteiger partial charge in [0, 0.05) is 25.0 Å². The number of hydrogen-bond acceptors (Lipinski definition) is 7. The minimum absolute atomic E-state index is 0.0520. The molecule has 1 heterocycles. The van der Waals surface area contributed by atoms with Gasteiger partial charge in [0.2, 0.25) is 5.95 Å². The third-order valence-electron chi connectivity index (χ3n) is 3.10. The summed E-state index contributed by atoms with van der Waals surface area (Å²) in [6.07, 6.45) is 3.16. The maximum absolute atomic E-state index is 12.1. The van der Waals surface area contributed by atoms with Gasteiger partial charge in [-0.3, -0.25) is 9.59 Å². The fourth-order valence-corrected chi connectivity index (χ4v) is 2.41. The number of hydrogen-bond donors (Lipinski definition) is 0. The molecule has 2 aromatic rings. The molecule has 0 fully saturated rings. The van der Waals surface area contributed by atoms with Gasteiger partial charge in [-0.15, -0.1) is 0 Å². The second-order valence-electron chi connectivity index (χ2n) is 4.84. The molecule has 0 aliphatic heterocycles. The van der Waals surface area contributed by atoms with E-state index in [0.717, 1.165) is 0 Å². The normalized spacial score (nSPS) is 10.1. The van der Waals surface area contributed by atoms with Crippen LogP contribution in [0.15, 0.2) is 41.1 Å². The van der Waals surface area contributed by atoms with Crippen molar-refractivity contribution in [1.29, 1.82) is 0 Å². The van der Waals surface area contributed by atoms with Crippen molar-refractivity contribution in [2.75, 3.05) is 32.2 Å². The van der Waals surface area contributed by atoms with E-state index in [2.05, 4.69) is 25.9 Å². The molecule has 2 rings (SSSR count). The summed E-state index contributed by atoms with van der Waals surface area (Å²) in [6, 6.07) is 6.59. The Hall–Kier alpha value is -2.48. The Morgan fingerprint density at radius 1 is 1.25 bits per heavy atom. The molecule has 24 heavy (non-hydrogen) atoms. The summed E-state index contributed by atoms with van der Waals surface area (Å²) in [5.74, 6) is 0.184. The Morgan fingerprint density at radius 2 is 1.96 bits per heavy atom. The second-order valence-corrected chi connectivity index (χ2v) is 5.69. The third-order valence-corrected chi connectivity index (χ3v) is 3.72. The molecule has 7 nitrogen and oxygen atoms in total. The number of carbonyl (C=O) groups excluding carboxylic acids is 2. The number of Topliss-reactive ketones (excluding diaryl/α,β-unsaturated/α-hetero) is 1. The van der Waals surface area contributed by atoms with Crippen molar-refractivity contribution < 1.29 is 19.1 Å². The van der Waals surface area contributed by atoms with Gasteiger partial charge in [0.1, 0.15) is 12.3 Å². The SMILES string of the molecule is COc1ccc(C(=O)COC(=O)CN(C)c2ncccn2)cc1Br. The number of benzene rings is 1. The Bertz CT molecular complexity index is 725. The highest BCUT2D eigenvalue weighted by atomic mass is 79.9. The van der Waals surface area contributed by atoms with Crippen LogP contribution < -0.4 is 9.64 Å². The molecular formula is C16H16BrN3O4. The number of esters is 1. The molecule has 0 N–H and O–H groups in total. The van der Waals surface area contributed by atoms with Crippen LogP contribution in [0.5, 0.6) is 5.75 Å². The van der Waals surface area contributed by atoms with E-state index < -0.39 is 5.97 Å². The molecule has 0 aliphatic rings. The number of ketones is 1. The Balaban J connectivity index is 1.87. The molecule has 0 amide bonds. The minimum Gasteiger partial charge on any atom is -0.496 e. The zero-order valence-electron chi connectivity index (χ0n) is 13.2. The highest BCUT2D eigenvalue weighted by Gasteiger charge is 2.14. The van der Waals surface area contributed by atoms with Gasteiger partial charge in [0.25, 0.3) is 0 Å². The van der Waals surface area contributed by atoms with E-state index in [-0.39, 0.29) is 18.9 Å². The van der Waals surface area contributed by atoms with E-state index in [1.165, 1.54) is 12.0 Å². The quantitative estimate of drug-likeness (QED) is 0.526. The van der Waals surface area contributed by atoms with Gasteiger partial charge in [-0.1, -0.05) is 0 Å². The van der Waals surface area contributed by atoms with Crippen LogP contribution in [0, 0.1) is 0 Å². The summed E-state index contributed by atoms with van der Waals surface area (Å²) < 4.78 is 10.8. The van der Waals surface area contributed by atoms with E-state index in [9.17, 15) is 9.59 Å². The van der Waals surface area contributed by atoms with Crippen molar-refractivity contribution in [1.82, 2.24) is 9.97 Å². The van der Waals surface area contributed by atoms with Crippen molar-refractivity contribution >= 4 is 33.6 Å². The average molecular weight is 394 g/mol. The first-order chi connectivity index (χ1) is 11.5. The Labute approximate surface area is 147 Å². The number of rotatable bonds is 7. The van der Waals surface area contributed by atoms with Crippen molar-refractivity contribution in [2.45, 2.75) is 0 Å². The summed E-state index contributed by atoms with van der Waals surface area (Å²) in [5, 5.41) is 0. The number of aromatic nitrogens is 2. The van der Waals surface area contributed by atoms with Crippen molar-refractivity contribution in [3.05, 3.63) is 46.7 Å². The molecule has 0 unspecified atom stereocenters. The van der Waals surface area contributed by atoms with Gasteiger partial charge < -0.3 is 14.4 Å². The largest absolute Gasteiger partial charge is 0.496 e. The average Bonchev–Trinajstić information content (AvgIpc) is 2.60. The standard InChI is InChI=1S/C16H16BrN3O4/c1-20(16-18-6-3-7-19-16)9-15(22)24-10-13(21)11-4-5-14(23-2)12(17)8-11/h3-8H,9-10H2,1-2H3. The smallest absolute Gasteiger partial charge is 0.326 e. The highest BCUT2D eigenvalue weighted by molar-refractivity contribution is 9.10. The van der Waals surface area contributed by atoms with Crippen LogP contribution in [-0.2, 0) is 9.53 Å². The van der Waals surface area contributed by atoms with Crippen LogP contribution >= 0.6 is 15.9 Å². The summed E-state index contributed by atoms with van der Waals surface area (Å²) in [4.78, 5) is 33.5. The van der Waals surface area contributed by atoms with Gasteiger partial charge in [0.05, 0.1) is 11.6 Å². The number of anilines is 1. The zero-order valence-corrected chi connectivity index (χ0v) is 14.8. The lowest BCUT2D eigenvalue weighted by Gasteiger charge is -2.15. The summed E-state index contributed by atoms with van der Waals surface area (Å²) in [7, 11) is 3.20. The van der Waals surface area contributed by atoms with Gasteiger partial charge in [-0.2, -0.15) is 0 Å². The van der Waals surface area contributed by atoms with Crippen molar-refractivity contribution in [2.24, 2.45) is 0 Å². The van der Waals surface area contributed by atoms with Crippen molar-refractivity contribution in [3.8, 4) is 5.75 Å². The third kappa shape index (κ3) is 4.76. The fraction of sp³-hybridized carbons (Fsp3) is 0.250. The summed E-state index contributed by atoms with van der Waals surface area (Å²) in [5.41, 5.74) is 0.426. The van der Waals surface area contributed by atoms with E-state index in [1.807, 2.05) is 0 Å². The van der Waals surface area contributed by atoms with E-state index >= 15 is 0 Å². The topological polar surface area (TPSA) is 81.6 Å². The lowest BCUT2D eigenvalue weighted by atomic mass is 10.1. The number of methoxy groups -OCH3 is 1. The van der Waals surface area contributed by atoms with Crippen LogP contribution in [0.2, 0.25) is 0 Å². The first kappa shape index (κ1) is 17.9. The van der Waals surface area contributed by atoms with Crippen molar-refractivity contribution in [3.63, 3.8) is 0 Å². The molecule has 8 heteroatoms. The van der Waals surface area contributed by atoms with Crippen LogP contribution in [0.25, 0.3) is 0 Å². The highest BCUT2D eigenvalue weighted by Crippen LogP contribution is 2.25. The summed E-state index contributed by atoms with van der Waals surface area (Å²) in [6.45, 7) is -0.384. The van der Waals surface area contributed by atoms with Gasteiger partial charge >= 0.3 is 5.97 Å². The van der Waals surface area contributed by atoms with Crippen LogP contribution in [-0.4, -0.2) is 49.0 Å². The molecule has 0 bridgehead atoms. The molecule has 0 spiro atoms. The zero-order chi connectivity index (χ0) is 17.5. The number of nitrogens with zero attached hydrogens (tertiary/aromatic N) is 3. The lowest BCUT2D eigenvalue weighted by Crippen LogP contribution is -2.29. The monoisotopic (exact) mass is 393 g/mol. The predicted octanol–water partition coefficient (Wildman–Crippen LogP) is 2.11. The molecule has 0 atom stereocenters. The molecule has 126 valence electrons. The predicted molar refractivity (Wildman–Crippen MR) is 91.3 cm³/mol. The molecule has 1 aromatic carbocycles. The van der Waals surface area contributed by atoms with Gasteiger partial charge in [-0.05, 0) is 40.2 Å². The molecule has 0 saturated carbocycles. The van der Waals surface area contributed by atoms with Crippen LogP contribution in [0.4, 0.5) is 5.95 Å². The number of ether oxygens (including phenoxy) is 2. The molecule has 0 aliphatic carbocycles. The van der Waals surface area contributed by atoms with E-state index in [4.69, 9.17) is 9.47 Å². The number of likely N-dealkylation sites (N-methyl/N-ethyl adjacent to an activating group) is 1. The second kappa shape index (κ2) is 8.39.